The number of anilines is 1. The van der Waals surface area contributed by atoms with Crippen molar-refractivity contribution in [2.24, 2.45) is 5.92 Å². The standard InChI is InChI=1S/C15H22N2O2/c1-10-6-7-16-14(8-10)15(18)17-13-5-4-12(19-3)9-11(13)2/h4-5,9-10,14,16H,6-8H2,1-3H3,(H,17,18). The van der Waals surface area contributed by atoms with Crippen LogP contribution in [0.1, 0.15) is 25.3 Å². The number of amides is 1. The average Bonchev–Trinajstić information content (AvgIpc) is 2.41. The Morgan fingerprint density at radius 3 is 2.89 bits per heavy atom. The van der Waals surface area contributed by atoms with Crippen LogP contribution in [0.3, 0.4) is 0 Å². The van der Waals surface area contributed by atoms with Gasteiger partial charge in [0.05, 0.1) is 13.2 Å². The third-order valence-corrected chi connectivity index (χ3v) is 3.67. The quantitative estimate of drug-likeness (QED) is 0.879. The molecule has 0 saturated carbocycles. The summed E-state index contributed by atoms with van der Waals surface area (Å²) in [6, 6.07) is 5.59. The van der Waals surface area contributed by atoms with Crippen LogP contribution >= 0.6 is 0 Å². The lowest BCUT2D eigenvalue weighted by Gasteiger charge is -2.27. The zero-order valence-electron chi connectivity index (χ0n) is 11.8. The minimum absolute atomic E-state index is 0.0554. The molecule has 1 saturated heterocycles. The van der Waals surface area contributed by atoms with E-state index in [-0.39, 0.29) is 11.9 Å². The van der Waals surface area contributed by atoms with Gasteiger partial charge in [0.1, 0.15) is 5.75 Å². The highest BCUT2D eigenvalue weighted by molar-refractivity contribution is 5.95. The number of nitrogens with one attached hydrogen (secondary N) is 2. The summed E-state index contributed by atoms with van der Waals surface area (Å²) in [6.45, 7) is 5.08. The van der Waals surface area contributed by atoms with E-state index >= 15 is 0 Å². The van der Waals surface area contributed by atoms with Crippen LogP contribution in [0.15, 0.2) is 18.2 Å². The molecule has 1 amide bonds. The first-order chi connectivity index (χ1) is 9.10. The third-order valence-electron chi connectivity index (χ3n) is 3.67. The maximum Gasteiger partial charge on any atom is 0.241 e. The van der Waals surface area contributed by atoms with Crippen LogP contribution in [0, 0.1) is 12.8 Å². The van der Waals surface area contributed by atoms with Gasteiger partial charge in [-0.3, -0.25) is 4.79 Å². The van der Waals surface area contributed by atoms with E-state index in [1.807, 2.05) is 25.1 Å². The molecular weight excluding hydrogens is 240 g/mol. The van der Waals surface area contributed by atoms with Gasteiger partial charge < -0.3 is 15.4 Å². The molecule has 2 N–H and O–H groups in total. The summed E-state index contributed by atoms with van der Waals surface area (Å²) in [6.07, 6.45) is 2.05. The molecule has 2 atom stereocenters. The van der Waals surface area contributed by atoms with Crippen LogP contribution < -0.4 is 15.4 Å². The summed E-state index contributed by atoms with van der Waals surface area (Å²) in [5.41, 5.74) is 1.86. The first kappa shape index (κ1) is 13.9. The first-order valence-electron chi connectivity index (χ1n) is 6.79. The second-order valence-electron chi connectivity index (χ2n) is 5.31. The topological polar surface area (TPSA) is 50.4 Å². The number of aryl methyl sites for hydroxylation is 1. The molecule has 0 radical (unpaired) electrons. The summed E-state index contributed by atoms with van der Waals surface area (Å²) in [5.74, 6) is 1.47. The van der Waals surface area contributed by atoms with Gasteiger partial charge >= 0.3 is 0 Å². The molecule has 4 nitrogen and oxygen atoms in total. The predicted molar refractivity (Wildman–Crippen MR) is 76.5 cm³/mol. The van der Waals surface area contributed by atoms with E-state index in [9.17, 15) is 4.79 Å². The lowest BCUT2D eigenvalue weighted by atomic mass is 9.94. The number of ether oxygens (including phenoxy) is 1. The largest absolute Gasteiger partial charge is 0.497 e. The summed E-state index contributed by atoms with van der Waals surface area (Å²) in [5, 5.41) is 6.27. The van der Waals surface area contributed by atoms with Crippen LogP contribution in [0.5, 0.6) is 5.75 Å². The Kier molecular flexibility index (Phi) is 4.43. The number of hydrogen-bond donors (Lipinski definition) is 2. The van der Waals surface area contributed by atoms with Crippen molar-refractivity contribution in [2.75, 3.05) is 19.0 Å². The number of carbonyl (C=O) groups excluding carboxylic acids is 1. The molecule has 1 fully saturated rings. The highest BCUT2D eigenvalue weighted by Crippen LogP contribution is 2.22. The summed E-state index contributed by atoms with van der Waals surface area (Å²) >= 11 is 0. The fourth-order valence-corrected chi connectivity index (χ4v) is 2.43. The highest BCUT2D eigenvalue weighted by atomic mass is 16.5. The van der Waals surface area contributed by atoms with Gasteiger partial charge in [-0.15, -0.1) is 0 Å². The fraction of sp³-hybridized carbons (Fsp3) is 0.533. The fourth-order valence-electron chi connectivity index (χ4n) is 2.43. The molecule has 1 aliphatic heterocycles. The predicted octanol–water partition coefficient (Wildman–Crippen LogP) is 2.33. The highest BCUT2D eigenvalue weighted by Gasteiger charge is 2.24. The van der Waals surface area contributed by atoms with Crippen molar-refractivity contribution in [3.63, 3.8) is 0 Å². The smallest absolute Gasteiger partial charge is 0.241 e. The summed E-state index contributed by atoms with van der Waals surface area (Å²) in [4.78, 5) is 12.2. The average molecular weight is 262 g/mol. The van der Waals surface area contributed by atoms with Gasteiger partial charge in [0.2, 0.25) is 5.91 Å². The number of methoxy groups -OCH3 is 1. The van der Waals surface area contributed by atoms with Crippen molar-refractivity contribution >= 4 is 11.6 Å². The van der Waals surface area contributed by atoms with Crippen LogP contribution in [0.25, 0.3) is 0 Å². The van der Waals surface area contributed by atoms with Gasteiger partial charge in [0.25, 0.3) is 0 Å². The van der Waals surface area contributed by atoms with Crippen molar-refractivity contribution in [3.05, 3.63) is 23.8 Å². The molecule has 1 aliphatic rings. The Labute approximate surface area is 114 Å². The molecule has 0 bridgehead atoms. The Hall–Kier alpha value is -1.55. The van der Waals surface area contributed by atoms with Crippen molar-refractivity contribution in [3.8, 4) is 5.75 Å². The van der Waals surface area contributed by atoms with Crippen LogP contribution in [0.4, 0.5) is 5.69 Å². The van der Waals surface area contributed by atoms with E-state index in [1.54, 1.807) is 7.11 Å². The Morgan fingerprint density at radius 1 is 1.47 bits per heavy atom. The summed E-state index contributed by atoms with van der Waals surface area (Å²) < 4.78 is 5.16. The van der Waals surface area contributed by atoms with Gasteiger partial charge in [-0.05, 0) is 56.0 Å². The molecule has 1 aromatic carbocycles. The minimum Gasteiger partial charge on any atom is -0.497 e. The van der Waals surface area contributed by atoms with Crippen LogP contribution in [0.2, 0.25) is 0 Å². The van der Waals surface area contributed by atoms with E-state index in [4.69, 9.17) is 4.74 Å². The SMILES string of the molecule is COc1ccc(NC(=O)C2CC(C)CCN2)c(C)c1. The lowest BCUT2D eigenvalue weighted by molar-refractivity contribution is -0.119. The normalized spacial score (nSPS) is 22.9. The number of piperidine rings is 1. The van der Waals surface area contributed by atoms with E-state index in [0.29, 0.717) is 5.92 Å². The molecule has 1 aromatic rings. The van der Waals surface area contributed by atoms with Gasteiger partial charge in [-0.25, -0.2) is 0 Å². The van der Waals surface area contributed by atoms with Crippen LogP contribution in [-0.4, -0.2) is 25.6 Å². The van der Waals surface area contributed by atoms with E-state index in [0.717, 1.165) is 36.4 Å². The maximum atomic E-state index is 12.2. The minimum atomic E-state index is -0.0785. The molecule has 1 heterocycles. The molecular formula is C15H22N2O2. The molecule has 104 valence electrons. The van der Waals surface area contributed by atoms with E-state index in [2.05, 4.69) is 17.6 Å². The maximum absolute atomic E-state index is 12.2. The molecule has 2 unspecified atom stereocenters. The molecule has 0 aromatic heterocycles. The first-order valence-corrected chi connectivity index (χ1v) is 6.79. The monoisotopic (exact) mass is 262 g/mol. The number of benzene rings is 1. The van der Waals surface area contributed by atoms with Crippen LogP contribution in [-0.2, 0) is 4.79 Å². The zero-order chi connectivity index (χ0) is 13.8. The zero-order valence-corrected chi connectivity index (χ0v) is 11.8. The number of hydrogen-bond acceptors (Lipinski definition) is 3. The van der Waals surface area contributed by atoms with Crippen molar-refractivity contribution in [1.29, 1.82) is 0 Å². The van der Waals surface area contributed by atoms with Crippen molar-refractivity contribution < 1.29 is 9.53 Å². The molecule has 0 aliphatic carbocycles. The Bertz CT molecular complexity index is 459. The van der Waals surface area contributed by atoms with E-state index < -0.39 is 0 Å². The second-order valence-corrected chi connectivity index (χ2v) is 5.31. The number of carbonyl (C=O) groups is 1. The van der Waals surface area contributed by atoms with Gasteiger partial charge in [-0.1, -0.05) is 6.92 Å². The molecule has 0 spiro atoms. The van der Waals surface area contributed by atoms with Gasteiger partial charge in [0, 0.05) is 5.69 Å². The molecule has 4 heteroatoms. The van der Waals surface area contributed by atoms with E-state index in [1.165, 1.54) is 0 Å². The Morgan fingerprint density at radius 2 is 2.26 bits per heavy atom. The van der Waals surface area contributed by atoms with Crippen molar-refractivity contribution in [1.82, 2.24) is 5.32 Å². The molecule has 2 rings (SSSR count). The Balaban J connectivity index is 2.02. The second kappa shape index (κ2) is 6.06. The molecule has 19 heavy (non-hydrogen) atoms. The lowest BCUT2D eigenvalue weighted by Crippen LogP contribution is -2.45. The number of rotatable bonds is 3. The third kappa shape index (κ3) is 3.47. The van der Waals surface area contributed by atoms with Crippen molar-refractivity contribution in [2.45, 2.75) is 32.7 Å². The van der Waals surface area contributed by atoms with Gasteiger partial charge in [-0.2, -0.15) is 0 Å². The van der Waals surface area contributed by atoms with Gasteiger partial charge in [0.15, 0.2) is 0 Å². The summed E-state index contributed by atoms with van der Waals surface area (Å²) in [7, 11) is 1.64.